The molecule has 1 aromatic carbocycles. The highest BCUT2D eigenvalue weighted by atomic mass is 16.3. The first-order valence-electron chi connectivity index (χ1n) is 8.71. The zero-order valence-electron chi connectivity index (χ0n) is 15.1. The van der Waals surface area contributed by atoms with Gasteiger partial charge in [-0.05, 0) is 24.9 Å². The largest absolute Gasteiger partial charge is 0.504 e. The van der Waals surface area contributed by atoms with Crippen molar-refractivity contribution < 1.29 is 15.7 Å². The molecule has 1 aromatic heterocycles. The van der Waals surface area contributed by atoms with Crippen LogP contribution in [0.2, 0.25) is 0 Å². The maximum atomic E-state index is 10.2. The van der Waals surface area contributed by atoms with Gasteiger partial charge in [0.25, 0.3) is 0 Å². The minimum absolute atomic E-state index is 0.00476. The molecule has 2 rings (SSSR count). The zero-order valence-corrected chi connectivity index (χ0v) is 11.1. The van der Waals surface area contributed by atoms with Gasteiger partial charge in [-0.3, -0.25) is 0 Å². The number of aromatic nitrogens is 1. The van der Waals surface area contributed by atoms with E-state index in [1.807, 2.05) is 0 Å². The van der Waals surface area contributed by atoms with Crippen LogP contribution in [0.25, 0.3) is 10.9 Å². The van der Waals surface area contributed by atoms with E-state index in [1.165, 1.54) is 0 Å². The van der Waals surface area contributed by atoms with E-state index in [4.69, 9.17) is 5.48 Å². The van der Waals surface area contributed by atoms with Crippen LogP contribution in [0.3, 0.4) is 0 Å². The lowest BCUT2D eigenvalue weighted by Gasteiger charge is -2.08. The van der Waals surface area contributed by atoms with Crippen molar-refractivity contribution in [2.24, 2.45) is 0 Å². The smallest absolute Gasteiger partial charge is 0.180 e. The van der Waals surface area contributed by atoms with Crippen molar-refractivity contribution in [3.63, 3.8) is 0 Å². The monoisotopic (exact) mass is 263 g/mol. The van der Waals surface area contributed by atoms with Gasteiger partial charge in [0, 0.05) is 5.39 Å². The molecule has 2 N–H and O–H groups in total. The SMILES string of the molecule is [2H]c1c([2H])c([2H])c2c(O)c(O)c(CCCCCCC)nc2c1[2H]. The molecule has 0 radical (unpaired) electrons. The molecule has 3 heteroatoms. The molecule has 0 aliphatic heterocycles. The predicted octanol–water partition coefficient (Wildman–Crippen LogP) is 4.16. The molecular formula is C16H21NO2. The van der Waals surface area contributed by atoms with Crippen molar-refractivity contribution in [1.29, 1.82) is 0 Å². The van der Waals surface area contributed by atoms with Crippen LogP contribution in [0.4, 0.5) is 0 Å². The van der Waals surface area contributed by atoms with E-state index in [0.29, 0.717) is 6.42 Å². The summed E-state index contributed by atoms with van der Waals surface area (Å²) in [5.41, 5.74) is 0.270. The summed E-state index contributed by atoms with van der Waals surface area (Å²) in [7, 11) is 0. The van der Waals surface area contributed by atoms with Crippen LogP contribution in [-0.2, 0) is 6.42 Å². The van der Waals surface area contributed by atoms with Gasteiger partial charge in [-0.2, -0.15) is 0 Å². The number of pyridine rings is 1. The quantitative estimate of drug-likeness (QED) is 0.769. The number of aryl methyl sites for hydroxylation is 1. The van der Waals surface area contributed by atoms with Crippen LogP contribution < -0.4 is 0 Å². The Morgan fingerprint density at radius 1 is 1.05 bits per heavy atom. The Kier molecular flexibility index (Phi) is 3.10. The average molecular weight is 263 g/mol. The molecule has 0 bridgehead atoms. The maximum Gasteiger partial charge on any atom is 0.180 e. The van der Waals surface area contributed by atoms with Gasteiger partial charge in [-0.15, -0.1) is 0 Å². The van der Waals surface area contributed by atoms with Crippen molar-refractivity contribution in [3.8, 4) is 11.5 Å². The van der Waals surface area contributed by atoms with E-state index in [2.05, 4.69) is 11.9 Å². The first-order valence-corrected chi connectivity index (χ1v) is 6.71. The first kappa shape index (κ1) is 9.18. The second-order valence-corrected chi connectivity index (χ2v) is 4.64. The Morgan fingerprint density at radius 2 is 1.79 bits per heavy atom. The molecule has 0 aliphatic rings. The van der Waals surface area contributed by atoms with Gasteiger partial charge in [0.1, 0.15) is 0 Å². The Hall–Kier alpha value is -1.77. The van der Waals surface area contributed by atoms with E-state index in [1.54, 1.807) is 0 Å². The number of hydrogen-bond donors (Lipinski definition) is 2. The normalized spacial score (nSPS) is 13.9. The third-order valence-electron chi connectivity index (χ3n) is 3.17. The van der Waals surface area contributed by atoms with Crippen LogP contribution in [-0.4, -0.2) is 15.2 Å². The van der Waals surface area contributed by atoms with Gasteiger partial charge >= 0.3 is 0 Å². The molecule has 0 spiro atoms. The van der Waals surface area contributed by atoms with Gasteiger partial charge in [-0.1, -0.05) is 44.7 Å². The molecular weight excluding hydrogens is 238 g/mol. The van der Waals surface area contributed by atoms with Gasteiger partial charge < -0.3 is 10.2 Å². The minimum Gasteiger partial charge on any atom is -0.504 e. The predicted molar refractivity (Wildman–Crippen MR) is 77.5 cm³/mol. The summed E-state index contributed by atoms with van der Waals surface area (Å²) in [6.45, 7) is 2.13. The highest BCUT2D eigenvalue weighted by Crippen LogP contribution is 2.35. The summed E-state index contributed by atoms with van der Waals surface area (Å²) >= 11 is 0. The first-order chi connectivity index (χ1) is 10.9. The Labute approximate surface area is 119 Å². The second-order valence-electron chi connectivity index (χ2n) is 4.64. The molecule has 19 heavy (non-hydrogen) atoms. The highest BCUT2D eigenvalue weighted by Gasteiger charge is 2.12. The summed E-state index contributed by atoms with van der Waals surface area (Å²) in [5.74, 6) is -0.913. The molecule has 2 aromatic rings. The fourth-order valence-electron chi connectivity index (χ4n) is 2.07. The summed E-state index contributed by atoms with van der Waals surface area (Å²) in [4.78, 5) is 4.19. The molecule has 0 fully saturated rings. The number of rotatable bonds is 6. The zero-order chi connectivity index (χ0) is 17.1. The Morgan fingerprint density at radius 3 is 2.58 bits per heavy atom. The lowest BCUT2D eigenvalue weighted by atomic mass is 10.1. The van der Waals surface area contributed by atoms with Crippen molar-refractivity contribution in [3.05, 3.63) is 29.9 Å². The standard InChI is InChI=1S/C16H21NO2/c1-2-3-4-5-6-11-14-16(19)15(18)12-9-7-8-10-13(12)17-14/h7-10,19H,2-6,11H2,1H3,(H,17,18)/i7D,8D,9D,10D. The van der Waals surface area contributed by atoms with Gasteiger partial charge in [-0.25, -0.2) is 4.98 Å². The van der Waals surface area contributed by atoms with Gasteiger partial charge in [0.2, 0.25) is 0 Å². The van der Waals surface area contributed by atoms with Gasteiger partial charge in [0.05, 0.1) is 16.7 Å². The topological polar surface area (TPSA) is 53.4 Å². The summed E-state index contributed by atoms with van der Waals surface area (Å²) in [5, 5.41) is 20.1. The Bertz CT molecular complexity index is 734. The van der Waals surface area contributed by atoms with Gasteiger partial charge in [0.15, 0.2) is 11.5 Å². The molecule has 0 amide bonds. The molecule has 0 unspecified atom stereocenters. The van der Waals surface area contributed by atoms with Crippen LogP contribution >= 0.6 is 0 Å². The third kappa shape index (κ3) is 3.16. The molecule has 102 valence electrons. The summed E-state index contributed by atoms with van der Waals surface area (Å²) in [6, 6.07) is -1.54. The van der Waals surface area contributed by atoms with E-state index in [9.17, 15) is 10.2 Å². The number of para-hydroxylation sites is 1. The highest BCUT2D eigenvalue weighted by molar-refractivity contribution is 5.87. The van der Waals surface area contributed by atoms with Crippen molar-refractivity contribution in [1.82, 2.24) is 4.98 Å². The molecule has 0 saturated heterocycles. The lowest BCUT2D eigenvalue weighted by Crippen LogP contribution is -1.93. The fourth-order valence-corrected chi connectivity index (χ4v) is 2.07. The van der Waals surface area contributed by atoms with Crippen molar-refractivity contribution in [2.45, 2.75) is 45.4 Å². The number of hydrogen-bond acceptors (Lipinski definition) is 3. The van der Waals surface area contributed by atoms with Crippen LogP contribution in [0.1, 0.15) is 50.2 Å². The maximum absolute atomic E-state index is 10.2. The average Bonchev–Trinajstić information content (AvgIpc) is 2.54. The number of fused-ring (bicyclic) bond motifs is 1. The Balaban J connectivity index is 2.43. The van der Waals surface area contributed by atoms with Crippen LogP contribution in [0, 0.1) is 0 Å². The molecule has 0 atom stereocenters. The van der Waals surface area contributed by atoms with E-state index in [-0.39, 0.29) is 22.6 Å². The number of unbranched alkanes of at least 4 members (excludes halogenated alkanes) is 4. The molecule has 0 aliphatic carbocycles. The second kappa shape index (κ2) is 6.41. The number of aromatic hydroxyl groups is 2. The summed E-state index contributed by atoms with van der Waals surface area (Å²) < 4.78 is 31.1. The lowest BCUT2D eigenvalue weighted by molar-refractivity contribution is 0.400. The van der Waals surface area contributed by atoms with Crippen LogP contribution in [0.5, 0.6) is 11.5 Å². The van der Waals surface area contributed by atoms with Crippen molar-refractivity contribution >= 4 is 10.9 Å². The van der Waals surface area contributed by atoms with E-state index < -0.39 is 29.6 Å². The number of nitrogens with zero attached hydrogens (tertiary/aromatic N) is 1. The minimum atomic E-state index is -0.523. The fraction of sp³-hybridized carbons (Fsp3) is 0.438. The molecule has 3 nitrogen and oxygen atoms in total. The summed E-state index contributed by atoms with van der Waals surface area (Å²) in [6.07, 6.45) is 5.63. The van der Waals surface area contributed by atoms with Crippen molar-refractivity contribution in [2.75, 3.05) is 0 Å². The van der Waals surface area contributed by atoms with E-state index >= 15 is 0 Å². The molecule has 0 saturated carbocycles. The number of benzene rings is 1. The molecule has 1 heterocycles. The van der Waals surface area contributed by atoms with E-state index in [0.717, 1.165) is 32.1 Å². The van der Waals surface area contributed by atoms with Crippen LogP contribution in [0.15, 0.2) is 24.2 Å². The third-order valence-corrected chi connectivity index (χ3v) is 3.17.